The van der Waals surface area contributed by atoms with Crippen molar-refractivity contribution in [2.24, 2.45) is 5.73 Å². The average molecular weight is 278 g/mol. The first kappa shape index (κ1) is 16.5. The molecule has 0 spiro atoms. The Morgan fingerprint density at radius 2 is 2.15 bits per heavy atom. The molecule has 0 fully saturated rings. The highest BCUT2D eigenvalue weighted by atomic mass is 16.5. The van der Waals surface area contributed by atoms with Crippen molar-refractivity contribution < 1.29 is 9.53 Å². The molecule has 0 aromatic heterocycles. The van der Waals surface area contributed by atoms with Gasteiger partial charge < -0.3 is 15.8 Å². The first-order valence-electron chi connectivity index (χ1n) is 7.11. The Labute approximate surface area is 121 Å². The molecule has 0 radical (unpaired) electrons. The van der Waals surface area contributed by atoms with Crippen LogP contribution in [0.2, 0.25) is 0 Å². The van der Waals surface area contributed by atoms with Crippen molar-refractivity contribution in [3.8, 4) is 5.75 Å². The fourth-order valence-corrected chi connectivity index (χ4v) is 2.25. The van der Waals surface area contributed by atoms with E-state index in [9.17, 15) is 4.79 Å². The van der Waals surface area contributed by atoms with E-state index in [0.717, 1.165) is 24.2 Å². The van der Waals surface area contributed by atoms with Crippen LogP contribution >= 0.6 is 0 Å². The number of carbonyl (C=O) groups is 1. The van der Waals surface area contributed by atoms with Crippen LogP contribution in [0.15, 0.2) is 18.2 Å². The molecule has 0 heterocycles. The number of amides is 1. The van der Waals surface area contributed by atoms with Gasteiger partial charge in [-0.3, -0.25) is 4.79 Å². The van der Waals surface area contributed by atoms with E-state index in [1.165, 1.54) is 5.56 Å². The van der Waals surface area contributed by atoms with E-state index < -0.39 is 5.54 Å². The number of methoxy groups -OCH3 is 1. The molecule has 20 heavy (non-hydrogen) atoms. The van der Waals surface area contributed by atoms with Crippen LogP contribution in [0, 0.1) is 6.92 Å². The van der Waals surface area contributed by atoms with Gasteiger partial charge in [0.1, 0.15) is 5.75 Å². The molecular weight excluding hydrogens is 252 g/mol. The molecule has 4 nitrogen and oxygen atoms in total. The summed E-state index contributed by atoms with van der Waals surface area (Å²) in [6, 6.07) is 6.05. The molecular formula is C16H26N2O2. The minimum atomic E-state index is -0.786. The Morgan fingerprint density at radius 1 is 1.45 bits per heavy atom. The first-order chi connectivity index (χ1) is 9.40. The third-order valence-corrected chi connectivity index (χ3v) is 3.40. The zero-order valence-electron chi connectivity index (χ0n) is 13.0. The van der Waals surface area contributed by atoms with Gasteiger partial charge in [0.15, 0.2) is 0 Å². The fraction of sp³-hybridized carbons (Fsp3) is 0.562. The van der Waals surface area contributed by atoms with Crippen molar-refractivity contribution in [3.05, 3.63) is 29.3 Å². The molecule has 4 heteroatoms. The lowest BCUT2D eigenvalue weighted by atomic mass is 9.96. The quantitative estimate of drug-likeness (QED) is 0.803. The highest BCUT2D eigenvalue weighted by Crippen LogP contribution is 2.19. The van der Waals surface area contributed by atoms with E-state index in [4.69, 9.17) is 10.5 Å². The molecule has 0 saturated carbocycles. The molecule has 3 N–H and O–H groups in total. The zero-order chi connectivity index (χ0) is 15.2. The normalized spacial score (nSPS) is 13.7. The lowest BCUT2D eigenvalue weighted by Crippen LogP contribution is -2.51. The molecule has 0 aliphatic carbocycles. The van der Waals surface area contributed by atoms with Gasteiger partial charge in [0, 0.05) is 6.54 Å². The Hall–Kier alpha value is -1.55. The number of nitrogens with one attached hydrogen (secondary N) is 1. The predicted molar refractivity (Wildman–Crippen MR) is 81.9 cm³/mol. The van der Waals surface area contributed by atoms with Crippen molar-refractivity contribution in [1.82, 2.24) is 5.32 Å². The minimum Gasteiger partial charge on any atom is -0.496 e. The summed E-state index contributed by atoms with van der Waals surface area (Å²) < 4.78 is 5.33. The van der Waals surface area contributed by atoms with Crippen LogP contribution in [0.1, 0.15) is 37.8 Å². The third-order valence-electron chi connectivity index (χ3n) is 3.40. The molecule has 112 valence electrons. The van der Waals surface area contributed by atoms with E-state index in [1.807, 2.05) is 26.0 Å². The molecule has 1 amide bonds. The topological polar surface area (TPSA) is 64.4 Å². The van der Waals surface area contributed by atoms with Crippen molar-refractivity contribution in [3.63, 3.8) is 0 Å². The van der Waals surface area contributed by atoms with Gasteiger partial charge in [-0.2, -0.15) is 0 Å². The number of benzene rings is 1. The van der Waals surface area contributed by atoms with Crippen LogP contribution in [-0.2, 0) is 11.2 Å². The largest absolute Gasteiger partial charge is 0.496 e. The highest BCUT2D eigenvalue weighted by molar-refractivity contribution is 5.85. The molecule has 1 rings (SSSR count). The molecule has 1 unspecified atom stereocenters. The number of aryl methyl sites for hydroxylation is 1. The second kappa shape index (κ2) is 7.29. The van der Waals surface area contributed by atoms with Gasteiger partial charge in [-0.1, -0.05) is 31.0 Å². The Balaban J connectivity index is 2.56. The van der Waals surface area contributed by atoms with Gasteiger partial charge in [0.25, 0.3) is 0 Å². The molecule has 0 bridgehead atoms. The third kappa shape index (κ3) is 4.53. The number of hydrogen-bond donors (Lipinski definition) is 2. The van der Waals surface area contributed by atoms with Gasteiger partial charge >= 0.3 is 0 Å². The Bertz CT molecular complexity index is 456. The maximum absolute atomic E-state index is 12.0. The van der Waals surface area contributed by atoms with Crippen molar-refractivity contribution in [2.75, 3.05) is 13.7 Å². The van der Waals surface area contributed by atoms with Crippen molar-refractivity contribution in [1.29, 1.82) is 0 Å². The van der Waals surface area contributed by atoms with Crippen LogP contribution in [0.3, 0.4) is 0 Å². The second-order valence-electron chi connectivity index (χ2n) is 5.49. The van der Waals surface area contributed by atoms with E-state index in [1.54, 1.807) is 14.0 Å². The van der Waals surface area contributed by atoms with Gasteiger partial charge in [0.05, 0.1) is 12.6 Å². The van der Waals surface area contributed by atoms with E-state index in [0.29, 0.717) is 13.0 Å². The molecule has 1 aromatic rings. The van der Waals surface area contributed by atoms with Crippen LogP contribution in [0.5, 0.6) is 5.75 Å². The molecule has 0 saturated heterocycles. The SMILES string of the molecule is CCCC(C)(N)C(=O)NCCc1cc(C)ccc1OC. The Kier molecular flexibility index (Phi) is 6.02. The predicted octanol–water partition coefficient (Wildman–Crippen LogP) is 2.18. The van der Waals surface area contributed by atoms with Crippen LogP contribution in [-0.4, -0.2) is 25.1 Å². The van der Waals surface area contributed by atoms with Crippen molar-refractivity contribution in [2.45, 2.75) is 45.6 Å². The number of ether oxygens (including phenoxy) is 1. The summed E-state index contributed by atoms with van der Waals surface area (Å²) in [5.74, 6) is 0.764. The Morgan fingerprint density at radius 3 is 2.75 bits per heavy atom. The number of nitrogens with two attached hydrogens (primary N) is 1. The number of carbonyl (C=O) groups excluding carboxylic acids is 1. The second-order valence-corrected chi connectivity index (χ2v) is 5.49. The van der Waals surface area contributed by atoms with Crippen LogP contribution < -0.4 is 15.8 Å². The summed E-state index contributed by atoms with van der Waals surface area (Å²) in [5.41, 5.74) is 7.49. The van der Waals surface area contributed by atoms with E-state index in [2.05, 4.69) is 11.4 Å². The zero-order valence-corrected chi connectivity index (χ0v) is 13.0. The monoisotopic (exact) mass is 278 g/mol. The fourth-order valence-electron chi connectivity index (χ4n) is 2.25. The van der Waals surface area contributed by atoms with Crippen molar-refractivity contribution >= 4 is 5.91 Å². The molecule has 0 aliphatic rings. The summed E-state index contributed by atoms with van der Waals surface area (Å²) in [7, 11) is 1.66. The number of hydrogen-bond acceptors (Lipinski definition) is 3. The standard InChI is InChI=1S/C16H26N2O2/c1-5-9-16(3,17)15(19)18-10-8-13-11-12(2)6-7-14(13)20-4/h6-7,11H,5,8-10,17H2,1-4H3,(H,18,19). The van der Waals surface area contributed by atoms with E-state index in [-0.39, 0.29) is 5.91 Å². The molecule has 1 atom stereocenters. The lowest BCUT2D eigenvalue weighted by Gasteiger charge is -2.23. The van der Waals surface area contributed by atoms with Gasteiger partial charge in [0.2, 0.25) is 5.91 Å². The number of rotatable bonds is 7. The summed E-state index contributed by atoms with van der Waals surface area (Å²) in [5, 5.41) is 2.91. The first-order valence-corrected chi connectivity index (χ1v) is 7.11. The van der Waals surface area contributed by atoms with E-state index >= 15 is 0 Å². The summed E-state index contributed by atoms with van der Waals surface area (Å²) in [6.07, 6.45) is 2.32. The van der Waals surface area contributed by atoms with Gasteiger partial charge in [-0.25, -0.2) is 0 Å². The smallest absolute Gasteiger partial charge is 0.239 e. The van der Waals surface area contributed by atoms with Gasteiger partial charge in [-0.15, -0.1) is 0 Å². The summed E-state index contributed by atoms with van der Waals surface area (Å²) in [6.45, 7) is 6.41. The lowest BCUT2D eigenvalue weighted by molar-refractivity contribution is -0.126. The maximum atomic E-state index is 12.0. The van der Waals surface area contributed by atoms with Crippen LogP contribution in [0.4, 0.5) is 0 Å². The molecule has 1 aromatic carbocycles. The van der Waals surface area contributed by atoms with Gasteiger partial charge in [-0.05, 0) is 38.3 Å². The maximum Gasteiger partial charge on any atom is 0.239 e. The summed E-state index contributed by atoms with van der Waals surface area (Å²) >= 11 is 0. The summed E-state index contributed by atoms with van der Waals surface area (Å²) in [4.78, 5) is 12.0. The highest BCUT2D eigenvalue weighted by Gasteiger charge is 2.26. The molecule has 0 aliphatic heterocycles. The average Bonchev–Trinajstić information content (AvgIpc) is 2.38. The minimum absolute atomic E-state index is 0.0917. The van der Waals surface area contributed by atoms with Crippen LogP contribution in [0.25, 0.3) is 0 Å².